The summed E-state index contributed by atoms with van der Waals surface area (Å²) in [4.78, 5) is 23.5. The van der Waals surface area contributed by atoms with Crippen LogP contribution in [0.25, 0.3) is 0 Å². The molecule has 9 heteroatoms. The molecule has 1 aromatic heterocycles. The summed E-state index contributed by atoms with van der Waals surface area (Å²) in [6, 6.07) is 5.99. The Hall–Kier alpha value is -2.42. The van der Waals surface area contributed by atoms with E-state index in [0.717, 1.165) is 24.2 Å². The van der Waals surface area contributed by atoms with Gasteiger partial charge in [-0.2, -0.15) is 0 Å². The Balaban J connectivity index is 1.60. The number of nitrogens with two attached hydrogens (primary N) is 1. The summed E-state index contributed by atoms with van der Waals surface area (Å²) in [5.41, 5.74) is 6.09. The molecule has 1 aromatic carbocycles. The maximum atomic E-state index is 12.9. The summed E-state index contributed by atoms with van der Waals surface area (Å²) in [5, 5.41) is 11.5. The summed E-state index contributed by atoms with van der Waals surface area (Å²) in [7, 11) is 0. The fourth-order valence-corrected chi connectivity index (χ4v) is 3.52. The van der Waals surface area contributed by atoms with Gasteiger partial charge in [0.25, 0.3) is 0 Å². The van der Waals surface area contributed by atoms with Crippen molar-refractivity contribution in [2.24, 2.45) is 5.73 Å². The first-order valence-corrected chi connectivity index (χ1v) is 9.72. The number of hydrogen-bond donors (Lipinski definition) is 2. The average molecular weight is 391 g/mol. The highest BCUT2D eigenvalue weighted by molar-refractivity contribution is 8.00. The van der Waals surface area contributed by atoms with Crippen molar-refractivity contribution in [3.63, 3.8) is 0 Å². The van der Waals surface area contributed by atoms with Crippen LogP contribution in [0.1, 0.15) is 43.5 Å². The molecule has 7 nitrogen and oxygen atoms in total. The van der Waals surface area contributed by atoms with Crippen molar-refractivity contribution < 1.29 is 14.0 Å². The first-order valence-electron chi connectivity index (χ1n) is 8.84. The van der Waals surface area contributed by atoms with E-state index in [1.54, 1.807) is 19.1 Å². The van der Waals surface area contributed by atoms with E-state index in [2.05, 4.69) is 15.5 Å². The normalized spacial score (nSPS) is 14.7. The van der Waals surface area contributed by atoms with Crippen LogP contribution in [0.15, 0.2) is 29.4 Å². The molecule has 1 atom stereocenters. The van der Waals surface area contributed by atoms with Gasteiger partial charge in [-0.25, -0.2) is 4.39 Å². The van der Waals surface area contributed by atoms with E-state index in [1.165, 1.54) is 23.9 Å². The van der Waals surface area contributed by atoms with E-state index < -0.39 is 5.25 Å². The largest absolute Gasteiger partial charge is 0.370 e. The van der Waals surface area contributed by atoms with Gasteiger partial charge in [0, 0.05) is 25.4 Å². The number of aromatic nitrogens is 3. The van der Waals surface area contributed by atoms with Gasteiger partial charge in [0.2, 0.25) is 11.8 Å². The molecule has 1 fully saturated rings. The summed E-state index contributed by atoms with van der Waals surface area (Å²) >= 11 is 1.30. The minimum atomic E-state index is -0.394. The standard InChI is InChI=1S/C18H22FN5O2S/c1-11(17(26)21-10-12-2-6-14(19)7-3-12)27-18-23-22-16(13-4-5-13)24(18)9-8-15(20)25/h2-3,6-7,11,13H,4-5,8-10H2,1H3,(H2,20,25)(H,21,26). The first-order chi connectivity index (χ1) is 12.9. The second kappa shape index (κ2) is 8.51. The number of rotatable bonds is 9. The second-order valence-corrected chi connectivity index (χ2v) is 7.90. The van der Waals surface area contributed by atoms with Crippen LogP contribution in [0.3, 0.4) is 0 Å². The lowest BCUT2D eigenvalue weighted by Crippen LogP contribution is -2.30. The molecular weight excluding hydrogens is 369 g/mol. The third kappa shape index (κ3) is 5.29. The molecule has 144 valence electrons. The first kappa shape index (κ1) is 19.3. The highest BCUT2D eigenvalue weighted by atomic mass is 32.2. The number of benzene rings is 1. The highest BCUT2D eigenvalue weighted by Gasteiger charge is 2.31. The quantitative estimate of drug-likeness (QED) is 0.636. The van der Waals surface area contributed by atoms with Crippen molar-refractivity contribution in [3.05, 3.63) is 41.5 Å². The number of carbonyl (C=O) groups is 2. The lowest BCUT2D eigenvalue weighted by molar-refractivity contribution is -0.120. The van der Waals surface area contributed by atoms with Gasteiger partial charge in [-0.15, -0.1) is 10.2 Å². The van der Waals surface area contributed by atoms with E-state index in [-0.39, 0.29) is 24.1 Å². The Morgan fingerprint density at radius 3 is 2.67 bits per heavy atom. The molecule has 0 bridgehead atoms. The van der Waals surface area contributed by atoms with Gasteiger partial charge in [-0.1, -0.05) is 23.9 Å². The lowest BCUT2D eigenvalue weighted by atomic mass is 10.2. The molecule has 0 saturated heterocycles. The third-order valence-corrected chi connectivity index (χ3v) is 5.38. The van der Waals surface area contributed by atoms with Gasteiger partial charge in [0.05, 0.1) is 5.25 Å². The number of carbonyl (C=O) groups excluding carboxylic acids is 2. The molecule has 0 spiro atoms. The van der Waals surface area contributed by atoms with Crippen LogP contribution in [-0.2, 0) is 22.7 Å². The third-order valence-electron chi connectivity index (χ3n) is 4.30. The van der Waals surface area contributed by atoms with Gasteiger partial charge in [-0.05, 0) is 37.5 Å². The van der Waals surface area contributed by atoms with E-state index in [1.807, 2.05) is 4.57 Å². The van der Waals surface area contributed by atoms with Gasteiger partial charge in [0.15, 0.2) is 5.16 Å². The van der Waals surface area contributed by atoms with Crippen LogP contribution < -0.4 is 11.1 Å². The number of amides is 2. The van der Waals surface area contributed by atoms with Crippen LogP contribution in [0.2, 0.25) is 0 Å². The summed E-state index contributed by atoms with van der Waals surface area (Å²) in [6.45, 7) is 2.53. The summed E-state index contributed by atoms with van der Waals surface area (Å²) in [6.07, 6.45) is 2.33. The Bertz CT molecular complexity index is 820. The fraction of sp³-hybridized carbons (Fsp3) is 0.444. The van der Waals surface area contributed by atoms with E-state index in [0.29, 0.717) is 24.2 Å². The van der Waals surface area contributed by atoms with Gasteiger partial charge in [0.1, 0.15) is 11.6 Å². The minimum Gasteiger partial charge on any atom is -0.370 e. The zero-order valence-corrected chi connectivity index (χ0v) is 15.8. The van der Waals surface area contributed by atoms with Gasteiger partial charge in [-0.3, -0.25) is 9.59 Å². The van der Waals surface area contributed by atoms with Crippen molar-refractivity contribution in [2.75, 3.05) is 0 Å². The topological polar surface area (TPSA) is 103 Å². The van der Waals surface area contributed by atoms with Crippen LogP contribution in [0, 0.1) is 5.82 Å². The van der Waals surface area contributed by atoms with Crippen molar-refractivity contribution in [3.8, 4) is 0 Å². The van der Waals surface area contributed by atoms with Crippen LogP contribution in [0.5, 0.6) is 0 Å². The van der Waals surface area contributed by atoms with Crippen molar-refractivity contribution in [2.45, 2.75) is 55.6 Å². The van der Waals surface area contributed by atoms with Crippen molar-refractivity contribution in [1.29, 1.82) is 0 Å². The number of primary amides is 1. The Labute approximate surface area is 160 Å². The van der Waals surface area contributed by atoms with Crippen LogP contribution >= 0.6 is 11.8 Å². The Kier molecular flexibility index (Phi) is 6.10. The smallest absolute Gasteiger partial charge is 0.233 e. The monoisotopic (exact) mass is 391 g/mol. The molecule has 27 heavy (non-hydrogen) atoms. The molecule has 1 aliphatic carbocycles. The lowest BCUT2D eigenvalue weighted by Gasteiger charge is -2.13. The van der Waals surface area contributed by atoms with Crippen LogP contribution in [-0.4, -0.2) is 31.8 Å². The molecule has 1 unspecified atom stereocenters. The number of hydrogen-bond acceptors (Lipinski definition) is 5. The number of thioether (sulfide) groups is 1. The Morgan fingerprint density at radius 2 is 2.04 bits per heavy atom. The van der Waals surface area contributed by atoms with Gasteiger partial charge < -0.3 is 15.6 Å². The number of nitrogens with one attached hydrogen (secondary N) is 1. The van der Waals surface area contributed by atoms with E-state index >= 15 is 0 Å². The summed E-state index contributed by atoms with van der Waals surface area (Å²) in [5.74, 6) is 0.393. The van der Waals surface area contributed by atoms with Crippen LogP contribution in [0.4, 0.5) is 4.39 Å². The molecule has 3 N–H and O–H groups in total. The molecule has 1 aliphatic rings. The number of nitrogens with zero attached hydrogens (tertiary/aromatic N) is 3. The summed E-state index contributed by atoms with van der Waals surface area (Å²) < 4.78 is 14.8. The Morgan fingerprint density at radius 1 is 1.33 bits per heavy atom. The maximum absolute atomic E-state index is 12.9. The highest BCUT2D eigenvalue weighted by Crippen LogP contribution is 2.40. The van der Waals surface area contributed by atoms with E-state index in [9.17, 15) is 14.0 Å². The zero-order valence-electron chi connectivity index (χ0n) is 15.0. The molecule has 2 amide bonds. The predicted octanol–water partition coefficient (Wildman–Crippen LogP) is 1.97. The predicted molar refractivity (Wildman–Crippen MR) is 99.4 cm³/mol. The average Bonchev–Trinajstić information content (AvgIpc) is 3.41. The number of halogens is 1. The maximum Gasteiger partial charge on any atom is 0.233 e. The second-order valence-electron chi connectivity index (χ2n) is 6.59. The SMILES string of the molecule is CC(Sc1nnc(C2CC2)n1CCC(N)=O)C(=O)NCc1ccc(F)cc1. The molecule has 0 aliphatic heterocycles. The van der Waals surface area contributed by atoms with Gasteiger partial charge >= 0.3 is 0 Å². The minimum absolute atomic E-state index is 0.151. The molecular formula is C18H22FN5O2S. The van der Waals surface area contributed by atoms with Crippen molar-refractivity contribution in [1.82, 2.24) is 20.1 Å². The van der Waals surface area contributed by atoms with E-state index in [4.69, 9.17) is 5.73 Å². The molecule has 0 radical (unpaired) electrons. The molecule has 2 aromatic rings. The zero-order chi connectivity index (χ0) is 19.4. The fourth-order valence-electron chi connectivity index (χ4n) is 2.61. The molecule has 1 saturated carbocycles. The molecule has 1 heterocycles. The molecule has 3 rings (SSSR count). The van der Waals surface area contributed by atoms with Crippen molar-refractivity contribution >= 4 is 23.6 Å².